The van der Waals surface area contributed by atoms with Crippen molar-refractivity contribution < 1.29 is 18.9 Å². The number of rotatable bonds is 8. The molecule has 0 aliphatic rings. The molecular formula is C21H29N5O4. The molecule has 3 amide bonds. The molecule has 2 aromatic rings. The van der Waals surface area contributed by atoms with E-state index in [9.17, 15) is 14.4 Å². The summed E-state index contributed by atoms with van der Waals surface area (Å²) in [5, 5.41) is 12.1. The fourth-order valence-corrected chi connectivity index (χ4v) is 2.59. The highest BCUT2D eigenvalue weighted by Gasteiger charge is 2.20. The molecule has 0 radical (unpaired) electrons. The van der Waals surface area contributed by atoms with E-state index in [1.54, 1.807) is 35.2 Å². The molecule has 3 N–H and O–H groups in total. The van der Waals surface area contributed by atoms with Gasteiger partial charge in [0.15, 0.2) is 0 Å². The highest BCUT2D eigenvalue weighted by molar-refractivity contribution is 5.94. The van der Waals surface area contributed by atoms with Gasteiger partial charge in [-0.1, -0.05) is 32.9 Å². The molecule has 0 aliphatic carbocycles. The van der Waals surface area contributed by atoms with Gasteiger partial charge in [0.25, 0.3) is 0 Å². The lowest BCUT2D eigenvalue weighted by Gasteiger charge is -2.19. The van der Waals surface area contributed by atoms with Gasteiger partial charge in [-0.05, 0) is 30.8 Å². The van der Waals surface area contributed by atoms with Crippen LogP contribution < -0.4 is 16.0 Å². The number of nitrogens with one attached hydrogen (secondary N) is 3. The zero-order valence-corrected chi connectivity index (χ0v) is 18.0. The third-order valence-electron chi connectivity index (χ3n) is 4.21. The molecule has 0 saturated carbocycles. The average Bonchev–Trinajstić information content (AvgIpc) is 3.11. The molecule has 0 fully saturated rings. The quantitative estimate of drug-likeness (QED) is 0.610. The Hall–Kier alpha value is -3.20. The summed E-state index contributed by atoms with van der Waals surface area (Å²) >= 11 is 0. The molecule has 9 nitrogen and oxygen atoms in total. The van der Waals surface area contributed by atoms with E-state index < -0.39 is 0 Å². The smallest absolute Gasteiger partial charge is 0.240 e. The Kier molecular flexibility index (Phi) is 7.71. The van der Waals surface area contributed by atoms with Crippen LogP contribution in [0.3, 0.4) is 0 Å². The predicted octanol–water partition coefficient (Wildman–Crippen LogP) is 2.83. The second-order valence-corrected chi connectivity index (χ2v) is 7.98. The van der Waals surface area contributed by atoms with Crippen LogP contribution in [-0.4, -0.2) is 47.4 Å². The van der Waals surface area contributed by atoms with Gasteiger partial charge in [0.1, 0.15) is 0 Å². The Morgan fingerprint density at radius 3 is 1.97 bits per heavy atom. The van der Waals surface area contributed by atoms with Crippen molar-refractivity contribution in [2.75, 3.05) is 35.6 Å². The molecule has 162 valence electrons. The van der Waals surface area contributed by atoms with E-state index >= 15 is 0 Å². The van der Waals surface area contributed by atoms with Gasteiger partial charge in [-0.15, -0.1) is 0 Å². The first kappa shape index (κ1) is 23.1. The first-order valence-electron chi connectivity index (χ1n) is 9.73. The fraction of sp³-hybridized carbons (Fsp3) is 0.429. The Morgan fingerprint density at radius 2 is 1.50 bits per heavy atom. The first-order valence-corrected chi connectivity index (χ1v) is 9.73. The van der Waals surface area contributed by atoms with Gasteiger partial charge in [-0.3, -0.25) is 24.6 Å². The van der Waals surface area contributed by atoms with Crippen LogP contribution >= 0.6 is 0 Å². The number of likely N-dealkylation sites (N-methyl/N-ethyl adjacent to an activating group) is 1. The van der Waals surface area contributed by atoms with E-state index in [0.29, 0.717) is 17.9 Å². The normalized spacial score (nSPS) is 11.3. The summed E-state index contributed by atoms with van der Waals surface area (Å²) in [6.45, 7) is 9.92. The molecule has 0 saturated heterocycles. The van der Waals surface area contributed by atoms with Crippen LogP contribution in [0.2, 0.25) is 0 Å². The minimum absolute atomic E-state index is 0.0386. The highest BCUT2D eigenvalue weighted by Crippen LogP contribution is 2.23. The third-order valence-corrected chi connectivity index (χ3v) is 4.21. The van der Waals surface area contributed by atoms with Gasteiger partial charge in [0.2, 0.25) is 23.6 Å². The summed E-state index contributed by atoms with van der Waals surface area (Å²) < 4.78 is 5.16. The monoisotopic (exact) mass is 415 g/mol. The number of anilines is 3. The van der Waals surface area contributed by atoms with Crippen LogP contribution in [0.25, 0.3) is 0 Å². The van der Waals surface area contributed by atoms with Crippen LogP contribution in [0.4, 0.5) is 17.3 Å². The largest absolute Gasteiger partial charge is 0.338 e. The number of aromatic nitrogens is 1. The van der Waals surface area contributed by atoms with Crippen molar-refractivity contribution in [3.8, 4) is 0 Å². The fourth-order valence-electron chi connectivity index (χ4n) is 2.59. The van der Waals surface area contributed by atoms with Crippen molar-refractivity contribution in [1.82, 2.24) is 10.1 Å². The van der Waals surface area contributed by atoms with Crippen molar-refractivity contribution >= 4 is 35.0 Å². The second kappa shape index (κ2) is 10.0. The van der Waals surface area contributed by atoms with E-state index in [1.807, 2.05) is 27.7 Å². The number of carbonyl (C=O) groups is 3. The molecule has 0 unspecified atom stereocenters. The molecule has 0 spiro atoms. The highest BCUT2D eigenvalue weighted by atomic mass is 16.5. The minimum Gasteiger partial charge on any atom is -0.338 e. The molecule has 1 aromatic carbocycles. The molecular weight excluding hydrogens is 386 g/mol. The van der Waals surface area contributed by atoms with Gasteiger partial charge in [0.05, 0.1) is 18.8 Å². The average molecular weight is 415 g/mol. The van der Waals surface area contributed by atoms with E-state index in [-0.39, 0.29) is 42.1 Å². The maximum Gasteiger partial charge on any atom is 0.240 e. The minimum atomic E-state index is -0.291. The van der Waals surface area contributed by atoms with Gasteiger partial charge < -0.3 is 15.2 Å². The van der Waals surface area contributed by atoms with Gasteiger partial charge >= 0.3 is 0 Å². The molecule has 0 aliphatic heterocycles. The second-order valence-electron chi connectivity index (χ2n) is 7.98. The summed E-state index contributed by atoms with van der Waals surface area (Å²) in [6, 6.07) is 8.49. The Labute approximate surface area is 176 Å². The van der Waals surface area contributed by atoms with E-state index in [4.69, 9.17) is 4.52 Å². The Morgan fingerprint density at radius 1 is 0.967 bits per heavy atom. The van der Waals surface area contributed by atoms with Crippen molar-refractivity contribution in [3.05, 3.63) is 36.0 Å². The van der Waals surface area contributed by atoms with Crippen molar-refractivity contribution in [3.63, 3.8) is 0 Å². The van der Waals surface area contributed by atoms with Crippen LogP contribution in [0.1, 0.15) is 40.3 Å². The summed E-state index contributed by atoms with van der Waals surface area (Å²) in [4.78, 5) is 37.4. The third kappa shape index (κ3) is 7.32. The van der Waals surface area contributed by atoms with Gasteiger partial charge in [0, 0.05) is 29.8 Å². The SMILES string of the molecule is CCN(CC(=O)Nc1ccc(NC(C)=O)cc1)CC(=O)Nc1cc(C(C)(C)C)no1. The van der Waals surface area contributed by atoms with Gasteiger partial charge in [-0.2, -0.15) is 0 Å². The van der Waals surface area contributed by atoms with Crippen LogP contribution in [0.5, 0.6) is 0 Å². The molecule has 0 atom stereocenters. The molecule has 1 heterocycles. The summed E-state index contributed by atoms with van der Waals surface area (Å²) in [6.07, 6.45) is 0. The van der Waals surface area contributed by atoms with Gasteiger partial charge in [-0.25, -0.2) is 0 Å². The lowest BCUT2D eigenvalue weighted by Crippen LogP contribution is -2.38. The predicted molar refractivity (Wildman–Crippen MR) is 115 cm³/mol. The lowest BCUT2D eigenvalue weighted by molar-refractivity contribution is -0.120. The van der Waals surface area contributed by atoms with Crippen molar-refractivity contribution in [2.24, 2.45) is 0 Å². The first-order chi connectivity index (χ1) is 14.1. The lowest BCUT2D eigenvalue weighted by atomic mass is 9.92. The standard InChI is InChI=1S/C21H29N5O4/c1-6-26(13-19(29)24-20-11-17(25-30-20)21(3,4)5)12-18(28)23-16-9-7-15(8-10-16)22-14(2)27/h7-11H,6,12-13H2,1-5H3,(H,22,27)(H,23,28)(H,24,29). The van der Waals surface area contributed by atoms with E-state index in [2.05, 4.69) is 21.1 Å². The molecule has 1 aromatic heterocycles. The number of hydrogen-bond acceptors (Lipinski definition) is 6. The van der Waals surface area contributed by atoms with Crippen molar-refractivity contribution in [1.29, 1.82) is 0 Å². The molecule has 9 heteroatoms. The van der Waals surface area contributed by atoms with Crippen molar-refractivity contribution in [2.45, 2.75) is 40.0 Å². The maximum atomic E-state index is 12.3. The van der Waals surface area contributed by atoms with E-state index in [0.717, 1.165) is 5.69 Å². The number of amides is 3. The number of benzene rings is 1. The number of hydrogen-bond donors (Lipinski definition) is 3. The topological polar surface area (TPSA) is 117 Å². The summed E-state index contributed by atoms with van der Waals surface area (Å²) in [5.41, 5.74) is 1.81. The Balaban J connectivity index is 1.85. The number of carbonyl (C=O) groups excluding carboxylic acids is 3. The Bertz CT molecular complexity index is 884. The summed E-state index contributed by atoms with van der Waals surface area (Å²) in [7, 11) is 0. The molecule has 30 heavy (non-hydrogen) atoms. The molecule has 0 bridgehead atoms. The molecule has 2 rings (SSSR count). The maximum absolute atomic E-state index is 12.3. The zero-order chi connectivity index (χ0) is 22.3. The summed E-state index contributed by atoms with van der Waals surface area (Å²) in [5.74, 6) is -0.416. The van der Waals surface area contributed by atoms with E-state index in [1.165, 1.54) is 6.92 Å². The van der Waals surface area contributed by atoms with Crippen LogP contribution in [0, 0.1) is 0 Å². The van der Waals surface area contributed by atoms with Crippen LogP contribution in [0.15, 0.2) is 34.9 Å². The zero-order valence-electron chi connectivity index (χ0n) is 18.0. The number of nitrogens with zero attached hydrogens (tertiary/aromatic N) is 2. The van der Waals surface area contributed by atoms with Crippen LogP contribution in [-0.2, 0) is 19.8 Å².